The number of halogens is 1. The molecule has 0 aromatic carbocycles. The number of pyridine rings is 2. The van der Waals surface area contributed by atoms with Gasteiger partial charge in [0.05, 0.1) is 17.4 Å². The smallest absolute Gasteiger partial charge is 0.410 e. The second kappa shape index (κ2) is 9.31. The van der Waals surface area contributed by atoms with E-state index >= 15 is 4.39 Å². The Morgan fingerprint density at radius 1 is 1.08 bits per heavy atom. The van der Waals surface area contributed by atoms with Crippen LogP contribution >= 0.6 is 0 Å². The minimum atomic E-state index is -1.29. The second-order valence-electron chi connectivity index (χ2n) is 11.5. The first-order chi connectivity index (χ1) is 17.4. The number of likely N-dealkylation sites (tertiary alicyclic amines) is 1. The first kappa shape index (κ1) is 25.5. The third kappa shape index (κ3) is 4.91. The summed E-state index contributed by atoms with van der Waals surface area (Å²) >= 11 is 0. The number of carboxylic acids is 1. The van der Waals surface area contributed by atoms with Gasteiger partial charge in [0.15, 0.2) is 5.82 Å². The minimum Gasteiger partial charge on any atom is -0.477 e. The van der Waals surface area contributed by atoms with E-state index in [1.165, 1.54) is 10.5 Å². The Morgan fingerprint density at radius 2 is 1.76 bits per heavy atom. The predicted octanol–water partition coefficient (Wildman–Crippen LogP) is 3.45. The van der Waals surface area contributed by atoms with Crippen molar-refractivity contribution in [2.45, 2.75) is 64.5 Å². The molecule has 4 heterocycles. The average Bonchev–Trinajstić information content (AvgIpc) is 3.54. The topological polar surface area (TPSA) is 94.8 Å². The Balaban J connectivity index is 1.35. The van der Waals surface area contributed by atoms with Gasteiger partial charge < -0.3 is 19.6 Å². The summed E-state index contributed by atoms with van der Waals surface area (Å²) in [5, 5.41) is 9.51. The maximum absolute atomic E-state index is 15.5. The van der Waals surface area contributed by atoms with Gasteiger partial charge in [0.1, 0.15) is 11.2 Å². The molecule has 1 atom stereocenters. The monoisotopic (exact) mass is 514 g/mol. The highest BCUT2D eigenvalue weighted by Crippen LogP contribution is 2.44. The molecule has 1 unspecified atom stereocenters. The molecular formula is C27H35FN4O5. The Labute approximate surface area is 215 Å². The fourth-order valence-corrected chi connectivity index (χ4v) is 5.73. The van der Waals surface area contributed by atoms with Gasteiger partial charge in [0, 0.05) is 45.3 Å². The largest absolute Gasteiger partial charge is 0.477 e. The molecule has 1 N–H and O–H groups in total. The number of rotatable bonds is 4. The summed E-state index contributed by atoms with van der Waals surface area (Å²) in [6.45, 7) is 11.4. The summed E-state index contributed by atoms with van der Waals surface area (Å²) in [5.41, 5.74) is 1.02. The summed E-state index contributed by atoms with van der Waals surface area (Å²) in [4.78, 5) is 43.1. The zero-order valence-corrected chi connectivity index (χ0v) is 21.9. The van der Waals surface area contributed by atoms with Gasteiger partial charge in [-0.2, -0.15) is 0 Å². The third-order valence-electron chi connectivity index (χ3n) is 7.65. The van der Waals surface area contributed by atoms with Crippen molar-refractivity contribution in [2.24, 2.45) is 0 Å². The number of aromatic carboxylic acids is 1. The van der Waals surface area contributed by atoms with E-state index in [1.54, 1.807) is 4.90 Å². The second-order valence-corrected chi connectivity index (χ2v) is 11.5. The van der Waals surface area contributed by atoms with Crippen molar-refractivity contribution in [1.29, 1.82) is 0 Å². The van der Waals surface area contributed by atoms with Crippen molar-refractivity contribution in [2.75, 3.05) is 44.2 Å². The van der Waals surface area contributed by atoms with Crippen LogP contribution < -0.4 is 10.5 Å². The summed E-state index contributed by atoms with van der Waals surface area (Å²) in [7, 11) is 0. The number of carbonyl (C=O) groups excluding carboxylic acids is 1. The molecule has 0 spiro atoms. The SMILES string of the molecule is Cc1c(N2CCN(C3CCN(C(=O)OC(C)(C)C)C3)CC2)c(F)cn2c(=O)c(C(=O)O)cc(C3CC3)c12. The van der Waals surface area contributed by atoms with E-state index in [9.17, 15) is 19.5 Å². The van der Waals surface area contributed by atoms with Crippen molar-refractivity contribution < 1.29 is 23.8 Å². The number of anilines is 1. The van der Waals surface area contributed by atoms with Gasteiger partial charge in [-0.05, 0) is 70.1 Å². The van der Waals surface area contributed by atoms with E-state index in [-0.39, 0.29) is 23.6 Å². The molecule has 37 heavy (non-hydrogen) atoms. The highest BCUT2D eigenvalue weighted by atomic mass is 19.1. The molecule has 9 nitrogen and oxygen atoms in total. The van der Waals surface area contributed by atoms with Crippen LogP contribution in [0.4, 0.5) is 14.9 Å². The molecule has 0 bridgehead atoms. The predicted molar refractivity (Wildman–Crippen MR) is 137 cm³/mol. The first-order valence-electron chi connectivity index (χ1n) is 13.0. The van der Waals surface area contributed by atoms with E-state index in [0.717, 1.165) is 44.1 Å². The van der Waals surface area contributed by atoms with Crippen molar-refractivity contribution in [1.82, 2.24) is 14.2 Å². The van der Waals surface area contributed by atoms with E-state index in [2.05, 4.69) is 4.90 Å². The van der Waals surface area contributed by atoms with Crippen molar-refractivity contribution in [3.8, 4) is 0 Å². The van der Waals surface area contributed by atoms with Gasteiger partial charge in [-0.25, -0.2) is 14.0 Å². The number of hydrogen-bond acceptors (Lipinski definition) is 6. The van der Waals surface area contributed by atoms with E-state index in [0.29, 0.717) is 42.9 Å². The molecule has 2 aromatic rings. The summed E-state index contributed by atoms with van der Waals surface area (Å²) in [6, 6.07) is 1.73. The van der Waals surface area contributed by atoms with Crippen LogP contribution in [0.3, 0.4) is 0 Å². The Hall–Kier alpha value is -3.14. The standard InChI is InChI=1S/C27H35FN4O5/c1-16-22-19(17-5-6-17)13-20(25(34)35)24(33)32(22)15-21(28)23(16)30-11-9-29(10-12-30)18-7-8-31(14-18)26(36)37-27(2,3)4/h13,15,17-18H,5-12,14H2,1-4H3,(H,34,35). The zero-order chi connectivity index (χ0) is 26.6. The Bertz CT molecular complexity index is 1300. The summed E-state index contributed by atoms with van der Waals surface area (Å²) < 4.78 is 22.2. The van der Waals surface area contributed by atoms with Gasteiger partial charge in [-0.1, -0.05) is 0 Å². The Kier molecular flexibility index (Phi) is 6.42. The molecule has 3 fully saturated rings. The molecule has 2 saturated heterocycles. The minimum absolute atomic E-state index is 0.192. The maximum Gasteiger partial charge on any atom is 0.410 e. The van der Waals surface area contributed by atoms with E-state index < -0.39 is 22.9 Å². The average molecular weight is 515 g/mol. The highest BCUT2D eigenvalue weighted by Gasteiger charge is 2.35. The molecular weight excluding hydrogens is 479 g/mol. The van der Waals surface area contributed by atoms with Crippen LogP contribution in [0.25, 0.3) is 5.52 Å². The van der Waals surface area contributed by atoms with E-state index in [4.69, 9.17) is 4.74 Å². The van der Waals surface area contributed by atoms with Gasteiger partial charge in [-0.3, -0.25) is 14.1 Å². The number of fused-ring (bicyclic) bond motifs is 1. The molecule has 5 rings (SSSR count). The lowest BCUT2D eigenvalue weighted by Gasteiger charge is -2.39. The number of piperazine rings is 1. The molecule has 0 radical (unpaired) electrons. The normalized spacial score (nSPS) is 21.1. The maximum atomic E-state index is 15.5. The number of ether oxygens (including phenoxy) is 1. The van der Waals surface area contributed by atoms with Crippen LogP contribution in [-0.4, -0.2) is 82.3 Å². The number of carboxylic acid groups (broad SMARTS) is 1. The van der Waals surface area contributed by atoms with E-state index in [1.807, 2.05) is 32.6 Å². The lowest BCUT2D eigenvalue weighted by Crippen LogP contribution is -2.51. The van der Waals surface area contributed by atoms with Crippen LogP contribution in [0.2, 0.25) is 0 Å². The van der Waals surface area contributed by atoms with Gasteiger partial charge in [0.25, 0.3) is 5.56 Å². The van der Waals surface area contributed by atoms with Crippen LogP contribution in [0, 0.1) is 12.7 Å². The molecule has 200 valence electrons. The van der Waals surface area contributed by atoms with Crippen LogP contribution in [0.1, 0.15) is 67.4 Å². The fourth-order valence-electron chi connectivity index (χ4n) is 5.73. The van der Waals surface area contributed by atoms with Crippen molar-refractivity contribution >= 4 is 23.3 Å². The van der Waals surface area contributed by atoms with Gasteiger partial charge in [0.2, 0.25) is 0 Å². The number of aryl methyl sites for hydroxylation is 1. The van der Waals surface area contributed by atoms with Crippen LogP contribution in [-0.2, 0) is 4.74 Å². The number of aromatic nitrogens is 1. The van der Waals surface area contributed by atoms with Crippen molar-refractivity contribution in [3.05, 3.63) is 45.1 Å². The number of amides is 1. The quantitative estimate of drug-likeness (QED) is 0.668. The summed E-state index contributed by atoms with van der Waals surface area (Å²) in [6.07, 6.45) is 3.61. The zero-order valence-electron chi connectivity index (χ0n) is 21.9. The number of nitrogens with zero attached hydrogens (tertiary/aromatic N) is 4. The molecule has 3 aliphatic rings. The molecule has 10 heteroatoms. The van der Waals surface area contributed by atoms with Gasteiger partial charge >= 0.3 is 12.1 Å². The lowest BCUT2D eigenvalue weighted by atomic mass is 10.0. The highest BCUT2D eigenvalue weighted by molar-refractivity contribution is 5.89. The molecule has 1 saturated carbocycles. The molecule has 1 amide bonds. The van der Waals surface area contributed by atoms with Crippen LogP contribution in [0.15, 0.2) is 17.1 Å². The van der Waals surface area contributed by atoms with Crippen LogP contribution in [0.5, 0.6) is 0 Å². The number of carbonyl (C=O) groups is 2. The first-order valence-corrected chi connectivity index (χ1v) is 13.0. The molecule has 2 aliphatic heterocycles. The Morgan fingerprint density at radius 3 is 2.35 bits per heavy atom. The van der Waals surface area contributed by atoms with Crippen molar-refractivity contribution in [3.63, 3.8) is 0 Å². The van der Waals surface area contributed by atoms with Gasteiger partial charge in [-0.15, -0.1) is 0 Å². The fraction of sp³-hybridized carbons (Fsp3) is 0.593. The molecule has 2 aromatic heterocycles. The molecule has 1 aliphatic carbocycles. The third-order valence-corrected chi connectivity index (χ3v) is 7.65. The number of hydrogen-bond donors (Lipinski definition) is 1. The summed E-state index contributed by atoms with van der Waals surface area (Å²) in [5.74, 6) is -1.63. The lowest BCUT2D eigenvalue weighted by molar-refractivity contribution is 0.0278.